The molecule has 0 saturated carbocycles. The molecule has 2 aromatic carbocycles. The van der Waals surface area contributed by atoms with Crippen molar-refractivity contribution in [2.24, 2.45) is 0 Å². The maximum absolute atomic E-state index is 13.0. The zero-order chi connectivity index (χ0) is 20.1. The molecule has 28 heavy (non-hydrogen) atoms. The SMILES string of the molecule is CCOc1ccc(C=C2SC(=S)N(c3ccc(OC)cc3)C2=O)c(OCC)c1. The van der Waals surface area contributed by atoms with Crippen molar-refractivity contribution < 1.29 is 19.0 Å². The van der Waals surface area contributed by atoms with E-state index in [2.05, 4.69) is 0 Å². The summed E-state index contributed by atoms with van der Waals surface area (Å²) in [5.74, 6) is 1.97. The first kappa shape index (κ1) is 20.2. The van der Waals surface area contributed by atoms with E-state index >= 15 is 0 Å². The Labute approximate surface area is 174 Å². The number of hydrogen-bond donors (Lipinski definition) is 0. The Kier molecular flexibility index (Phi) is 6.59. The molecule has 0 aliphatic carbocycles. The topological polar surface area (TPSA) is 48.0 Å². The predicted octanol–water partition coefficient (Wildman–Crippen LogP) is 4.90. The van der Waals surface area contributed by atoms with Gasteiger partial charge in [0.25, 0.3) is 5.91 Å². The van der Waals surface area contributed by atoms with Gasteiger partial charge in [0.15, 0.2) is 4.32 Å². The standard InChI is InChI=1S/C21H21NO4S2/c1-4-25-17-9-6-14(18(13-17)26-5-2)12-19-20(23)22(21(27)28-19)15-7-10-16(24-3)11-8-15/h6-13H,4-5H2,1-3H3. The van der Waals surface area contributed by atoms with E-state index in [4.69, 9.17) is 26.4 Å². The first-order chi connectivity index (χ1) is 13.6. The molecular weight excluding hydrogens is 394 g/mol. The number of anilines is 1. The summed E-state index contributed by atoms with van der Waals surface area (Å²) < 4.78 is 16.9. The molecule has 0 bridgehead atoms. The van der Waals surface area contributed by atoms with Crippen LogP contribution in [0.2, 0.25) is 0 Å². The molecule has 1 saturated heterocycles. The van der Waals surface area contributed by atoms with E-state index in [1.165, 1.54) is 16.7 Å². The molecule has 2 aromatic rings. The van der Waals surface area contributed by atoms with Crippen molar-refractivity contribution in [3.8, 4) is 17.2 Å². The van der Waals surface area contributed by atoms with E-state index in [1.54, 1.807) is 19.2 Å². The van der Waals surface area contributed by atoms with Gasteiger partial charge < -0.3 is 14.2 Å². The Hall–Kier alpha value is -2.51. The van der Waals surface area contributed by atoms with Crippen LogP contribution in [0.3, 0.4) is 0 Å². The summed E-state index contributed by atoms with van der Waals surface area (Å²) >= 11 is 6.71. The van der Waals surface area contributed by atoms with Gasteiger partial charge in [0.1, 0.15) is 17.2 Å². The molecule has 5 nitrogen and oxygen atoms in total. The van der Waals surface area contributed by atoms with E-state index in [0.29, 0.717) is 33.9 Å². The molecule has 0 N–H and O–H groups in total. The van der Waals surface area contributed by atoms with Gasteiger partial charge in [0.05, 0.1) is 30.9 Å². The molecule has 1 aliphatic heterocycles. The van der Waals surface area contributed by atoms with Gasteiger partial charge in [0.2, 0.25) is 0 Å². The highest BCUT2D eigenvalue weighted by Crippen LogP contribution is 2.38. The molecular formula is C21H21NO4S2. The fraction of sp³-hybridized carbons (Fsp3) is 0.238. The molecule has 0 aromatic heterocycles. The summed E-state index contributed by atoms with van der Waals surface area (Å²) in [7, 11) is 1.60. The molecule has 1 aliphatic rings. The molecule has 1 amide bonds. The molecule has 0 unspecified atom stereocenters. The molecule has 0 spiro atoms. The monoisotopic (exact) mass is 415 g/mol. The van der Waals surface area contributed by atoms with Crippen LogP contribution in [0.25, 0.3) is 6.08 Å². The molecule has 0 atom stereocenters. The lowest BCUT2D eigenvalue weighted by atomic mass is 10.1. The summed E-state index contributed by atoms with van der Waals surface area (Å²) in [6, 6.07) is 12.8. The zero-order valence-electron chi connectivity index (χ0n) is 15.9. The van der Waals surface area contributed by atoms with Crippen LogP contribution in [-0.4, -0.2) is 30.6 Å². The minimum absolute atomic E-state index is 0.156. The number of rotatable bonds is 7. The molecule has 1 fully saturated rings. The van der Waals surface area contributed by atoms with E-state index < -0.39 is 0 Å². The molecule has 0 radical (unpaired) electrons. The van der Waals surface area contributed by atoms with Gasteiger partial charge in [-0.1, -0.05) is 24.0 Å². The number of carbonyl (C=O) groups excluding carboxylic acids is 1. The summed E-state index contributed by atoms with van der Waals surface area (Å²) in [5, 5.41) is 0. The maximum atomic E-state index is 13.0. The smallest absolute Gasteiger partial charge is 0.270 e. The molecule has 3 rings (SSSR count). The molecule has 1 heterocycles. The lowest BCUT2D eigenvalue weighted by molar-refractivity contribution is -0.113. The van der Waals surface area contributed by atoms with Gasteiger partial charge in [-0.25, -0.2) is 0 Å². The largest absolute Gasteiger partial charge is 0.497 e. The minimum Gasteiger partial charge on any atom is -0.497 e. The van der Waals surface area contributed by atoms with E-state index in [-0.39, 0.29) is 5.91 Å². The number of benzene rings is 2. The number of ether oxygens (including phenoxy) is 3. The van der Waals surface area contributed by atoms with Crippen molar-refractivity contribution in [2.75, 3.05) is 25.2 Å². The Morgan fingerprint density at radius 1 is 1.04 bits per heavy atom. The van der Waals surface area contributed by atoms with Crippen LogP contribution in [0, 0.1) is 0 Å². The fourth-order valence-electron chi connectivity index (χ4n) is 2.73. The molecule has 146 valence electrons. The second-order valence-corrected chi connectivity index (χ2v) is 7.46. The van der Waals surface area contributed by atoms with Crippen LogP contribution in [0.4, 0.5) is 5.69 Å². The van der Waals surface area contributed by atoms with E-state index in [9.17, 15) is 4.79 Å². The number of nitrogens with zero attached hydrogens (tertiary/aromatic N) is 1. The third-order valence-corrected chi connectivity index (χ3v) is 5.31. The quantitative estimate of drug-likeness (QED) is 0.474. The van der Waals surface area contributed by atoms with Crippen molar-refractivity contribution in [3.05, 3.63) is 52.9 Å². The number of carbonyl (C=O) groups is 1. The third-order valence-electron chi connectivity index (χ3n) is 4.01. The summed E-state index contributed by atoms with van der Waals surface area (Å²) in [5.41, 5.74) is 1.52. The number of methoxy groups -OCH3 is 1. The van der Waals surface area contributed by atoms with Gasteiger partial charge in [-0.3, -0.25) is 9.69 Å². The van der Waals surface area contributed by atoms with Crippen molar-refractivity contribution in [1.29, 1.82) is 0 Å². The van der Waals surface area contributed by atoms with Crippen molar-refractivity contribution in [3.63, 3.8) is 0 Å². The summed E-state index contributed by atoms with van der Waals surface area (Å²) in [6.07, 6.45) is 1.81. The number of thiocarbonyl (C=S) groups is 1. The van der Waals surface area contributed by atoms with Crippen molar-refractivity contribution in [2.45, 2.75) is 13.8 Å². The number of hydrogen-bond acceptors (Lipinski definition) is 6. The van der Waals surface area contributed by atoms with Gasteiger partial charge >= 0.3 is 0 Å². The number of amides is 1. The van der Waals surface area contributed by atoms with E-state index in [0.717, 1.165) is 17.1 Å². The van der Waals surface area contributed by atoms with Gasteiger partial charge in [-0.2, -0.15) is 0 Å². The second-order valence-electron chi connectivity index (χ2n) is 5.78. The maximum Gasteiger partial charge on any atom is 0.270 e. The van der Waals surface area contributed by atoms with Crippen molar-refractivity contribution >= 4 is 46.0 Å². The normalized spacial score (nSPS) is 15.2. The Bertz CT molecular complexity index is 909. The van der Waals surface area contributed by atoms with Gasteiger partial charge in [-0.05, 0) is 56.3 Å². The lowest BCUT2D eigenvalue weighted by Crippen LogP contribution is -2.27. The van der Waals surface area contributed by atoms with Crippen LogP contribution in [0.15, 0.2) is 47.4 Å². The second kappa shape index (κ2) is 9.12. The lowest BCUT2D eigenvalue weighted by Gasteiger charge is -2.14. The zero-order valence-corrected chi connectivity index (χ0v) is 17.6. The molecule has 7 heteroatoms. The van der Waals surface area contributed by atoms with Crippen LogP contribution in [-0.2, 0) is 4.79 Å². The summed E-state index contributed by atoms with van der Waals surface area (Å²) in [4.78, 5) is 15.0. The Morgan fingerprint density at radius 2 is 1.71 bits per heavy atom. The van der Waals surface area contributed by atoms with Crippen molar-refractivity contribution in [1.82, 2.24) is 0 Å². The third kappa shape index (κ3) is 4.31. The fourth-order valence-corrected chi connectivity index (χ4v) is 4.02. The average Bonchev–Trinajstić information content (AvgIpc) is 2.97. The highest BCUT2D eigenvalue weighted by molar-refractivity contribution is 8.27. The van der Waals surface area contributed by atoms with E-state index in [1.807, 2.05) is 50.3 Å². The highest BCUT2D eigenvalue weighted by Gasteiger charge is 2.33. The van der Waals surface area contributed by atoms with Gasteiger partial charge in [0, 0.05) is 11.6 Å². The highest BCUT2D eigenvalue weighted by atomic mass is 32.2. The Morgan fingerprint density at radius 3 is 2.36 bits per heavy atom. The summed E-state index contributed by atoms with van der Waals surface area (Å²) in [6.45, 7) is 4.94. The first-order valence-corrected chi connectivity index (χ1v) is 10.1. The first-order valence-electron chi connectivity index (χ1n) is 8.89. The Balaban J connectivity index is 1.90. The van der Waals surface area contributed by atoms with Crippen LogP contribution < -0.4 is 19.1 Å². The van der Waals surface area contributed by atoms with Crippen LogP contribution in [0.1, 0.15) is 19.4 Å². The average molecular weight is 416 g/mol. The predicted molar refractivity (Wildman–Crippen MR) is 117 cm³/mol. The minimum atomic E-state index is -0.156. The van der Waals surface area contributed by atoms with Crippen LogP contribution in [0.5, 0.6) is 17.2 Å². The number of thioether (sulfide) groups is 1. The van der Waals surface area contributed by atoms with Crippen LogP contribution >= 0.6 is 24.0 Å². The van der Waals surface area contributed by atoms with Gasteiger partial charge in [-0.15, -0.1) is 0 Å².